The molecule has 4 heteroatoms. The molecule has 0 N–H and O–H groups in total. The van der Waals surface area contributed by atoms with Gasteiger partial charge in [0.1, 0.15) is 0 Å². The number of rotatable bonds is 1. The van der Waals surface area contributed by atoms with Crippen molar-refractivity contribution in [3.8, 4) is 23.4 Å². The van der Waals surface area contributed by atoms with Crippen molar-refractivity contribution in [3.63, 3.8) is 0 Å². The van der Waals surface area contributed by atoms with E-state index in [4.69, 9.17) is 0 Å². The smallest absolute Gasteiger partial charge is 0.118 e. The van der Waals surface area contributed by atoms with Gasteiger partial charge < -0.3 is 0 Å². The Bertz CT molecular complexity index is 476. The van der Waals surface area contributed by atoms with E-state index in [0.717, 1.165) is 5.56 Å². The zero-order valence-electron chi connectivity index (χ0n) is 7.68. The summed E-state index contributed by atoms with van der Waals surface area (Å²) in [6, 6.07) is 12.4. The Morgan fingerprint density at radius 2 is 2.00 bits per heavy atom. The fourth-order valence-electron chi connectivity index (χ4n) is 1.06. The van der Waals surface area contributed by atoms with Gasteiger partial charge in [0, 0.05) is 5.56 Å². The zero-order valence-corrected chi connectivity index (χ0v) is 7.68. The van der Waals surface area contributed by atoms with Crippen LogP contribution in [0.15, 0.2) is 30.3 Å². The van der Waals surface area contributed by atoms with Crippen LogP contribution in [0.25, 0.3) is 11.4 Å². The maximum Gasteiger partial charge on any atom is 0.206 e. The molecular weight excluding hydrogens is 176 g/mol. The monoisotopic (exact) mass is 184 g/mol. The predicted molar refractivity (Wildman–Crippen MR) is 52.1 cm³/mol. The molecule has 0 aliphatic carbocycles. The van der Waals surface area contributed by atoms with Crippen LogP contribution in [0.1, 0.15) is 6.92 Å². The molecule has 2 aromatic rings. The molecule has 1 heterocycles. The fraction of sp³-hybridized carbons (Fsp3) is 0.100. The van der Waals surface area contributed by atoms with Gasteiger partial charge in [0.15, 0.2) is 0 Å². The van der Waals surface area contributed by atoms with Crippen molar-refractivity contribution < 1.29 is 0 Å². The second kappa shape index (κ2) is 3.71. The Balaban J connectivity index is 2.37. The minimum absolute atomic E-state index is 0.591. The van der Waals surface area contributed by atoms with E-state index in [-0.39, 0.29) is 0 Å². The van der Waals surface area contributed by atoms with Gasteiger partial charge in [-0.05, 0) is 12.1 Å². The molecular formula is C10H8N4. The molecule has 1 aromatic carbocycles. The van der Waals surface area contributed by atoms with Crippen LogP contribution in [0.2, 0.25) is 0 Å². The number of nitrogens with zero attached hydrogens (tertiary/aromatic N) is 4. The van der Waals surface area contributed by atoms with Crippen molar-refractivity contribution in [2.75, 3.05) is 0 Å². The molecule has 0 fully saturated rings. The second-order valence-corrected chi connectivity index (χ2v) is 2.63. The first-order chi connectivity index (χ1) is 6.90. The molecule has 0 saturated carbocycles. The third kappa shape index (κ3) is 1.62. The van der Waals surface area contributed by atoms with Crippen LogP contribution in [0.3, 0.4) is 0 Å². The maximum absolute atomic E-state index is 4.09. The van der Waals surface area contributed by atoms with E-state index >= 15 is 0 Å². The molecule has 0 unspecified atom stereocenters. The molecule has 14 heavy (non-hydrogen) atoms. The topological polar surface area (TPSA) is 43.6 Å². The van der Waals surface area contributed by atoms with Crippen LogP contribution in [-0.4, -0.2) is 20.2 Å². The summed E-state index contributed by atoms with van der Waals surface area (Å²) in [5, 5.41) is 11.8. The first-order valence-corrected chi connectivity index (χ1v) is 4.18. The Hall–Kier alpha value is -2.15. The normalized spacial score (nSPS) is 9.21. The second-order valence-electron chi connectivity index (χ2n) is 2.63. The summed E-state index contributed by atoms with van der Waals surface area (Å²) in [6.07, 6.45) is 0. The number of tetrazole rings is 1. The Morgan fingerprint density at radius 3 is 2.71 bits per heavy atom. The SMILES string of the molecule is CC#Cn1nnc(-c2ccccc2)n1. The molecule has 0 atom stereocenters. The van der Waals surface area contributed by atoms with E-state index in [1.807, 2.05) is 30.3 Å². The average molecular weight is 184 g/mol. The lowest BCUT2D eigenvalue weighted by atomic mass is 10.2. The summed E-state index contributed by atoms with van der Waals surface area (Å²) in [5.41, 5.74) is 0.941. The molecule has 1 aromatic heterocycles. The van der Waals surface area contributed by atoms with Crippen molar-refractivity contribution >= 4 is 0 Å². The molecule has 0 radical (unpaired) electrons. The van der Waals surface area contributed by atoms with Crippen molar-refractivity contribution in [2.45, 2.75) is 6.92 Å². The lowest BCUT2D eigenvalue weighted by Gasteiger charge is -1.89. The first kappa shape index (κ1) is 8.45. The van der Waals surface area contributed by atoms with E-state index in [2.05, 4.69) is 27.4 Å². The molecule has 0 aliphatic rings. The summed E-state index contributed by atoms with van der Waals surface area (Å²) in [4.78, 5) is 1.27. The van der Waals surface area contributed by atoms with Gasteiger partial charge in [-0.3, -0.25) is 0 Å². The highest BCUT2D eigenvalue weighted by Gasteiger charge is 2.02. The zero-order chi connectivity index (χ0) is 9.80. The Labute approximate surface area is 81.6 Å². The van der Waals surface area contributed by atoms with E-state index in [9.17, 15) is 0 Å². The number of hydrogen-bond acceptors (Lipinski definition) is 3. The van der Waals surface area contributed by atoms with Gasteiger partial charge in [0.2, 0.25) is 5.82 Å². The molecule has 4 nitrogen and oxygen atoms in total. The molecule has 0 amide bonds. The lowest BCUT2D eigenvalue weighted by molar-refractivity contribution is 0.744. The minimum Gasteiger partial charge on any atom is -0.118 e. The highest BCUT2D eigenvalue weighted by Crippen LogP contribution is 2.11. The van der Waals surface area contributed by atoms with Gasteiger partial charge in [0.05, 0.1) is 6.04 Å². The number of hydrogen-bond donors (Lipinski definition) is 0. The fourth-order valence-corrected chi connectivity index (χ4v) is 1.06. The van der Waals surface area contributed by atoms with Crippen LogP contribution in [-0.2, 0) is 0 Å². The van der Waals surface area contributed by atoms with Crippen molar-refractivity contribution in [3.05, 3.63) is 30.3 Å². The Morgan fingerprint density at radius 1 is 1.21 bits per heavy atom. The molecule has 0 spiro atoms. The van der Waals surface area contributed by atoms with Crippen LogP contribution < -0.4 is 0 Å². The number of benzene rings is 1. The highest BCUT2D eigenvalue weighted by molar-refractivity contribution is 5.53. The van der Waals surface area contributed by atoms with E-state index in [0.29, 0.717) is 5.82 Å². The average Bonchev–Trinajstić information content (AvgIpc) is 2.68. The minimum atomic E-state index is 0.591. The maximum atomic E-state index is 4.09. The van der Waals surface area contributed by atoms with Gasteiger partial charge in [0.25, 0.3) is 0 Å². The van der Waals surface area contributed by atoms with Crippen LogP contribution in [0, 0.1) is 12.0 Å². The quantitative estimate of drug-likeness (QED) is 0.625. The lowest BCUT2D eigenvalue weighted by Crippen LogP contribution is -1.92. The van der Waals surface area contributed by atoms with Gasteiger partial charge in [-0.15, -0.1) is 10.2 Å². The molecule has 0 saturated heterocycles. The van der Waals surface area contributed by atoms with Crippen molar-refractivity contribution in [1.82, 2.24) is 20.2 Å². The van der Waals surface area contributed by atoms with Crippen LogP contribution in [0.5, 0.6) is 0 Å². The van der Waals surface area contributed by atoms with Gasteiger partial charge in [-0.1, -0.05) is 41.0 Å². The number of aromatic nitrogens is 4. The summed E-state index contributed by atoms with van der Waals surface area (Å²) in [6.45, 7) is 1.73. The standard InChI is InChI=1S/C10H8N4/c1-2-8-14-12-10(11-13-14)9-6-4-3-5-7-9/h3-7H,1H3. The van der Waals surface area contributed by atoms with Crippen LogP contribution >= 0.6 is 0 Å². The van der Waals surface area contributed by atoms with Crippen molar-refractivity contribution in [1.29, 1.82) is 0 Å². The molecule has 0 aliphatic heterocycles. The van der Waals surface area contributed by atoms with Gasteiger partial charge in [-0.2, -0.15) is 0 Å². The van der Waals surface area contributed by atoms with E-state index in [1.165, 1.54) is 4.80 Å². The highest BCUT2D eigenvalue weighted by atomic mass is 15.6. The first-order valence-electron chi connectivity index (χ1n) is 4.18. The third-order valence-corrected chi connectivity index (χ3v) is 1.66. The molecule has 0 bridgehead atoms. The van der Waals surface area contributed by atoms with Crippen LogP contribution in [0.4, 0.5) is 0 Å². The summed E-state index contributed by atoms with van der Waals surface area (Å²) < 4.78 is 0. The Kier molecular flexibility index (Phi) is 2.24. The van der Waals surface area contributed by atoms with E-state index in [1.54, 1.807) is 6.92 Å². The largest absolute Gasteiger partial charge is 0.206 e. The van der Waals surface area contributed by atoms with E-state index < -0.39 is 0 Å². The predicted octanol–water partition coefficient (Wildman–Crippen LogP) is 1.17. The third-order valence-electron chi connectivity index (χ3n) is 1.66. The molecule has 2 rings (SSSR count). The van der Waals surface area contributed by atoms with Gasteiger partial charge in [-0.25, -0.2) is 0 Å². The summed E-state index contributed by atoms with van der Waals surface area (Å²) >= 11 is 0. The summed E-state index contributed by atoms with van der Waals surface area (Å²) in [7, 11) is 0. The van der Waals surface area contributed by atoms with Gasteiger partial charge >= 0.3 is 0 Å². The summed E-state index contributed by atoms with van der Waals surface area (Å²) in [5.74, 6) is 3.29. The molecule has 68 valence electrons. The van der Waals surface area contributed by atoms with Crippen molar-refractivity contribution in [2.24, 2.45) is 0 Å².